The summed E-state index contributed by atoms with van der Waals surface area (Å²) in [4.78, 5) is 23.7. The summed E-state index contributed by atoms with van der Waals surface area (Å²) in [6.45, 7) is 3.73. The Balaban J connectivity index is 1.56. The Morgan fingerprint density at radius 2 is 2.05 bits per heavy atom. The summed E-state index contributed by atoms with van der Waals surface area (Å²) in [6.07, 6.45) is 0.0192. The molecule has 0 spiro atoms. The molecule has 0 unspecified atom stereocenters. The van der Waals surface area contributed by atoms with Gasteiger partial charge in [-0.25, -0.2) is 0 Å². The number of ether oxygens (including phenoxy) is 3. The van der Waals surface area contributed by atoms with Gasteiger partial charge in [-0.3, -0.25) is 9.59 Å². The second-order valence-electron chi connectivity index (χ2n) is 5.46. The lowest BCUT2D eigenvalue weighted by molar-refractivity contribution is -0.154. The van der Waals surface area contributed by atoms with Crippen molar-refractivity contribution < 1.29 is 23.8 Å². The van der Waals surface area contributed by atoms with Crippen molar-refractivity contribution in [3.63, 3.8) is 0 Å². The van der Waals surface area contributed by atoms with Crippen molar-refractivity contribution in [2.45, 2.75) is 26.4 Å². The highest BCUT2D eigenvalue weighted by Crippen LogP contribution is 2.39. The monoisotopic (exact) mass is 291 g/mol. The SMILES string of the molecule is C[C@H](OC(=O)[C@@H]1C[C@H]1C)C(=O)Nc1ccc2c(c1)OCO2. The van der Waals surface area contributed by atoms with Crippen LogP contribution in [0.3, 0.4) is 0 Å². The molecule has 1 aromatic carbocycles. The first-order valence-corrected chi connectivity index (χ1v) is 6.95. The van der Waals surface area contributed by atoms with E-state index in [0.29, 0.717) is 23.1 Å². The van der Waals surface area contributed by atoms with Gasteiger partial charge in [0.25, 0.3) is 5.91 Å². The highest BCUT2D eigenvalue weighted by Gasteiger charge is 2.41. The topological polar surface area (TPSA) is 73.9 Å². The predicted octanol–water partition coefficient (Wildman–Crippen LogP) is 1.94. The number of hydrogen-bond acceptors (Lipinski definition) is 5. The molecule has 1 heterocycles. The summed E-state index contributed by atoms with van der Waals surface area (Å²) in [6, 6.07) is 5.11. The van der Waals surface area contributed by atoms with Gasteiger partial charge < -0.3 is 19.5 Å². The Morgan fingerprint density at radius 1 is 1.33 bits per heavy atom. The first kappa shape index (κ1) is 13.7. The standard InChI is InChI=1S/C15H17NO5/c1-8-5-11(8)15(18)21-9(2)14(17)16-10-3-4-12-13(6-10)20-7-19-12/h3-4,6,8-9,11H,5,7H2,1-2H3,(H,16,17)/t8-,9+,11-/m1/s1. The van der Waals surface area contributed by atoms with Crippen LogP contribution in [0, 0.1) is 11.8 Å². The van der Waals surface area contributed by atoms with Crippen LogP contribution in [0.15, 0.2) is 18.2 Å². The van der Waals surface area contributed by atoms with E-state index in [1.165, 1.54) is 0 Å². The van der Waals surface area contributed by atoms with E-state index in [-0.39, 0.29) is 24.6 Å². The molecule has 0 radical (unpaired) electrons. The molecule has 6 nitrogen and oxygen atoms in total. The highest BCUT2D eigenvalue weighted by molar-refractivity contribution is 5.95. The lowest BCUT2D eigenvalue weighted by atomic mass is 10.2. The minimum absolute atomic E-state index is 0.0502. The van der Waals surface area contributed by atoms with E-state index >= 15 is 0 Å². The van der Waals surface area contributed by atoms with Gasteiger partial charge in [-0.2, -0.15) is 0 Å². The lowest BCUT2D eigenvalue weighted by Crippen LogP contribution is -2.30. The van der Waals surface area contributed by atoms with Crippen molar-refractivity contribution in [2.24, 2.45) is 11.8 Å². The molecule has 1 fully saturated rings. The van der Waals surface area contributed by atoms with Crippen LogP contribution in [0.1, 0.15) is 20.3 Å². The number of nitrogens with one attached hydrogen (secondary N) is 1. The molecule has 1 aromatic rings. The third kappa shape index (κ3) is 2.94. The van der Waals surface area contributed by atoms with Crippen molar-refractivity contribution >= 4 is 17.6 Å². The number of amides is 1. The van der Waals surface area contributed by atoms with Crippen molar-refractivity contribution in [3.8, 4) is 11.5 Å². The predicted molar refractivity (Wildman–Crippen MR) is 74.0 cm³/mol. The van der Waals surface area contributed by atoms with Gasteiger partial charge in [0.1, 0.15) is 0 Å². The summed E-state index contributed by atoms with van der Waals surface area (Å²) in [5.41, 5.74) is 0.576. The van der Waals surface area contributed by atoms with Crippen LogP contribution < -0.4 is 14.8 Å². The Bertz CT molecular complexity index is 585. The number of benzene rings is 1. The quantitative estimate of drug-likeness (QED) is 0.858. The number of hydrogen-bond donors (Lipinski definition) is 1. The molecule has 1 aliphatic carbocycles. The second-order valence-corrected chi connectivity index (χ2v) is 5.46. The normalized spacial score (nSPS) is 23.3. The molecule has 3 atom stereocenters. The van der Waals surface area contributed by atoms with Gasteiger partial charge in [0.05, 0.1) is 5.92 Å². The molecular formula is C15H17NO5. The molecule has 0 aromatic heterocycles. The average molecular weight is 291 g/mol. The zero-order chi connectivity index (χ0) is 15.0. The first-order chi connectivity index (χ1) is 10.0. The van der Waals surface area contributed by atoms with Crippen LogP contribution in [0.2, 0.25) is 0 Å². The number of rotatable bonds is 4. The van der Waals surface area contributed by atoms with Crippen molar-refractivity contribution in [2.75, 3.05) is 12.1 Å². The Kier molecular flexibility index (Phi) is 3.45. The van der Waals surface area contributed by atoms with Gasteiger partial charge in [0, 0.05) is 11.8 Å². The van der Waals surface area contributed by atoms with Crippen molar-refractivity contribution in [1.82, 2.24) is 0 Å². The van der Waals surface area contributed by atoms with E-state index in [1.54, 1.807) is 25.1 Å². The first-order valence-electron chi connectivity index (χ1n) is 6.95. The number of fused-ring (bicyclic) bond motifs is 1. The molecule has 1 amide bonds. The largest absolute Gasteiger partial charge is 0.454 e. The molecule has 2 aliphatic rings. The van der Waals surface area contributed by atoms with Crippen LogP contribution in [-0.2, 0) is 14.3 Å². The molecular weight excluding hydrogens is 274 g/mol. The Morgan fingerprint density at radius 3 is 2.76 bits per heavy atom. The van der Waals surface area contributed by atoms with E-state index in [1.807, 2.05) is 6.92 Å². The van der Waals surface area contributed by atoms with Gasteiger partial charge >= 0.3 is 5.97 Å². The second kappa shape index (κ2) is 5.27. The van der Waals surface area contributed by atoms with Crippen LogP contribution >= 0.6 is 0 Å². The van der Waals surface area contributed by atoms with Gasteiger partial charge in [0.2, 0.25) is 6.79 Å². The molecule has 112 valence electrons. The fourth-order valence-electron chi connectivity index (χ4n) is 2.18. The van der Waals surface area contributed by atoms with E-state index < -0.39 is 6.10 Å². The fourth-order valence-corrected chi connectivity index (χ4v) is 2.18. The van der Waals surface area contributed by atoms with Crippen LogP contribution in [-0.4, -0.2) is 24.8 Å². The maximum absolute atomic E-state index is 12.0. The van der Waals surface area contributed by atoms with E-state index in [4.69, 9.17) is 14.2 Å². The Labute approximate surface area is 122 Å². The van der Waals surface area contributed by atoms with Crippen LogP contribution in [0.5, 0.6) is 11.5 Å². The summed E-state index contributed by atoms with van der Waals surface area (Å²) < 4.78 is 15.6. The molecule has 0 bridgehead atoms. The lowest BCUT2D eigenvalue weighted by Gasteiger charge is -2.13. The third-order valence-electron chi connectivity index (χ3n) is 3.71. The van der Waals surface area contributed by atoms with Gasteiger partial charge in [-0.05, 0) is 31.4 Å². The molecule has 1 aliphatic heterocycles. The Hall–Kier alpha value is -2.24. The summed E-state index contributed by atoms with van der Waals surface area (Å²) in [7, 11) is 0. The van der Waals surface area contributed by atoms with Gasteiger partial charge in [-0.1, -0.05) is 6.92 Å². The fraction of sp³-hybridized carbons (Fsp3) is 0.467. The number of carbonyl (C=O) groups excluding carboxylic acids is 2. The molecule has 6 heteroatoms. The summed E-state index contributed by atoms with van der Waals surface area (Å²) >= 11 is 0. The summed E-state index contributed by atoms with van der Waals surface area (Å²) in [5.74, 6) is 0.887. The zero-order valence-corrected chi connectivity index (χ0v) is 11.9. The molecule has 3 rings (SSSR count). The van der Waals surface area contributed by atoms with Crippen molar-refractivity contribution in [1.29, 1.82) is 0 Å². The van der Waals surface area contributed by atoms with Crippen molar-refractivity contribution in [3.05, 3.63) is 18.2 Å². The maximum atomic E-state index is 12.0. The van der Waals surface area contributed by atoms with Crippen LogP contribution in [0.4, 0.5) is 5.69 Å². The van der Waals surface area contributed by atoms with E-state index in [9.17, 15) is 9.59 Å². The van der Waals surface area contributed by atoms with Gasteiger partial charge in [0.15, 0.2) is 17.6 Å². The molecule has 1 saturated carbocycles. The zero-order valence-electron chi connectivity index (χ0n) is 11.9. The minimum Gasteiger partial charge on any atom is -0.454 e. The molecule has 1 N–H and O–H groups in total. The van der Waals surface area contributed by atoms with Crippen LogP contribution in [0.25, 0.3) is 0 Å². The molecule has 21 heavy (non-hydrogen) atoms. The van der Waals surface area contributed by atoms with Gasteiger partial charge in [-0.15, -0.1) is 0 Å². The molecule has 0 saturated heterocycles. The number of carbonyl (C=O) groups is 2. The minimum atomic E-state index is -0.823. The average Bonchev–Trinajstić information content (AvgIpc) is 3.00. The van der Waals surface area contributed by atoms with E-state index in [0.717, 1.165) is 6.42 Å². The maximum Gasteiger partial charge on any atom is 0.309 e. The number of esters is 1. The van der Waals surface area contributed by atoms with E-state index in [2.05, 4.69) is 5.32 Å². The third-order valence-corrected chi connectivity index (χ3v) is 3.71. The smallest absolute Gasteiger partial charge is 0.309 e. The summed E-state index contributed by atoms with van der Waals surface area (Å²) in [5, 5.41) is 2.70. The number of anilines is 1. The highest BCUT2D eigenvalue weighted by atomic mass is 16.7.